The molecular weight excluding hydrogens is 430 g/mol. The van der Waals surface area contributed by atoms with Crippen molar-refractivity contribution in [2.45, 2.75) is 25.8 Å². The van der Waals surface area contributed by atoms with E-state index in [0.717, 1.165) is 42.5 Å². The first kappa shape index (κ1) is 21.3. The number of hydrogen-bond acceptors (Lipinski definition) is 4. The Balaban J connectivity index is 1.47. The minimum atomic E-state index is -0.0636. The van der Waals surface area contributed by atoms with Crippen LogP contribution in [0, 0.1) is 5.92 Å². The number of nitrogens with zero attached hydrogens (tertiary/aromatic N) is 2. The number of nitrogens with one attached hydrogen (secondary N) is 1. The number of carbonyl (C=O) groups is 1. The van der Waals surface area contributed by atoms with Gasteiger partial charge in [-0.25, -0.2) is 5.43 Å². The molecule has 1 fully saturated rings. The first-order chi connectivity index (χ1) is 14.1. The quantitative estimate of drug-likeness (QED) is 0.372. The molecule has 1 heterocycles. The highest BCUT2D eigenvalue weighted by Gasteiger charge is 2.24. The smallest absolute Gasteiger partial charge is 0.243 e. The van der Waals surface area contributed by atoms with Gasteiger partial charge in [0, 0.05) is 22.5 Å². The molecule has 0 spiro atoms. The Bertz CT molecular complexity index is 872. The summed E-state index contributed by atoms with van der Waals surface area (Å²) in [5, 5.41) is 14.3. The molecule has 152 valence electrons. The molecule has 3 rings (SSSR count). The van der Waals surface area contributed by atoms with Crippen LogP contribution in [0.2, 0.25) is 0 Å². The zero-order valence-electron chi connectivity index (χ0n) is 16.4. The first-order valence-corrected chi connectivity index (χ1v) is 10.6. The van der Waals surface area contributed by atoms with Crippen LogP contribution in [-0.4, -0.2) is 35.2 Å². The minimum absolute atomic E-state index is 0.0333. The lowest BCUT2D eigenvalue weighted by atomic mass is 9.96. The second-order valence-corrected chi connectivity index (χ2v) is 8.17. The standard InChI is InChI=1S/C23H26BrN3O2/c1-2-4-18-5-3-6-20(22(18)28)15-25-26-23(29)19-11-13-27(14-12-19)16-17-7-9-21(24)10-8-17/h2-3,5-10,15,19,28H,1,4,11-14,16H2,(H,26,29). The van der Waals surface area contributed by atoms with Crippen molar-refractivity contribution in [1.82, 2.24) is 10.3 Å². The SMILES string of the molecule is C=CCc1cccc(C=NNC(=O)C2CCN(Cc3ccc(Br)cc3)CC2)c1O. The van der Waals surface area contributed by atoms with Crippen molar-refractivity contribution in [3.05, 3.63) is 76.3 Å². The van der Waals surface area contributed by atoms with E-state index in [1.165, 1.54) is 11.8 Å². The Hall–Kier alpha value is -2.44. The average Bonchev–Trinajstić information content (AvgIpc) is 2.73. The number of likely N-dealkylation sites (tertiary alicyclic amines) is 1. The van der Waals surface area contributed by atoms with Gasteiger partial charge in [0.15, 0.2) is 0 Å². The van der Waals surface area contributed by atoms with Crippen LogP contribution < -0.4 is 5.43 Å². The molecule has 2 aromatic carbocycles. The number of carbonyl (C=O) groups excluding carboxylic acids is 1. The fraction of sp³-hybridized carbons (Fsp3) is 0.304. The van der Waals surface area contributed by atoms with Crippen LogP contribution in [0.4, 0.5) is 0 Å². The molecular formula is C23H26BrN3O2. The number of allylic oxidation sites excluding steroid dienone is 1. The van der Waals surface area contributed by atoms with E-state index in [4.69, 9.17) is 0 Å². The monoisotopic (exact) mass is 455 g/mol. The molecule has 1 saturated heterocycles. The maximum Gasteiger partial charge on any atom is 0.243 e. The van der Waals surface area contributed by atoms with Gasteiger partial charge in [0.25, 0.3) is 0 Å². The minimum Gasteiger partial charge on any atom is -0.507 e. The number of rotatable bonds is 7. The van der Waals surface area contributed by atoms with Gasteiger partial charge in [-0.1, -0.05) is 46.3 Å². The predicted molar refractivity (Wildman–Crippen MR) is 120 cm³/mol. The van der Waals surface area contributed by atoms with Crippen molar-refractivity contribution in [2.24, 2.45) is 11.0 Å². The maximum absolute atomic E-state index is 12.4. The lowest BCUT2D eigenvalue weighted by Gasteiger charge is -2.30. The van der Waals surface area contributed by atoms with Gasteiger partial charge < -0.3 is 5.11 Å². The third-order valence-corrected chi connectivity index (χ3v) is 5.70. The molecule has 1 aliphatic rings. The average molecular weight is 456 g/mol. The molecule has 0 aromatic heterocycles. The molecule has 0 saturated carbocycles. The van der Waals surface area contributed by atoms with E-state index in [1.54, 1.807) is 12.1 Å². The van der Waals surface area contributed by atoms with E-state index in [-0.39, 0.29) is 17.6 Å². The number of halogens is 1. The number of benzene rings is 2. The topological polar surface area (TPSA) is 64.9 Å². The highest BCUT2D eigenvalue weighted by molar-refractivity contribution is 9.10. The van der Waals surface area contributed by atoms with Crippen LogP contribution in [-0.2, 0) is 17.8 Å². The molecule has 1 amide bonds. The van der Waals surface area contributed by atoms with Gasteiger partial charge in [-0.2, -0.15) is 5.10 Å². The normalized spacial score (nSPS) is 15.5. The Morgan fingerprint density at radius 2 is 1.97 bits per heavy atom. The summed E-state index contributed by atoms with van der Waals surface area (Å²) in [6.07, 6.45) is 5.44. The van der Waals surface area contributed by atoms with Gasteiger partial charge in [0.05, 0.1) is 6.21 Å². The van der Waals surface area contributed by atoms with Gasteiger partial charge in [-0.3, -0.25) is 9.69 Å². The van der Waals surface area contributed by atoms with Crippen LogP contribution in [0.3, 0.4) is 0 Å². The summed E-state index contributed by atoms with van der Waals surface area (Å²) in [5.41, 5.74) is 5.27. The zero-order chi connectivity index (χ0) is 20.6. The number of phenols is 1. The number of aromatic hydroxyl groups is 1. The molecule has 2 N–H and O–H groups in total. The fourth-order valence-electron chi connectivity index (χ4n) is 3.49. The maximum atomic E-state index is 12.4. The molecule has 0 bridgehead atoms. The van der Waals surface area contributed by atoms with E-state index in [2.05, 4.69) is 62.2 Å². The summed E-state index contributed by atoms with van der Waals surface area (Å²) < 4.78 is 1.08. The van der Waals surface area contributed by atoms with Crippen LogP contribution in [0.5, 0.6) is 5.75 Å². The van der Waals surface area contributed by atoms with Crippen molar-refractivity contribution < 1.29 is 9.90 Å². The number of piperidine rings is 1. The second kappa shape index (κ2) is 10.4. The summed E-state index contributed by atoms with van der Waals surface area (Å²) >= 11 is 3.46. The summed E-state index contributed by atoms with van der Waals surface area (Å²) in [6, 6.07) is 13.8. The van der Waals surface area contributed by atoms with Crippen molar-refractivity contribution >= 4 is 28.1 Å². The molecule has 0 atom stereocenters. The summed E-state index contributed by atoms with van der Waals surface area (Å²) in [5.74, 6) is 0.0759. The Kier molecular flexibility index (Phi) is 7.61. The lowest BCUT2D eigenvalue weighted by Crippen LogP contribution is -2.39. The number of hydrazone groups is 1. The van der Waals surface area contributed by atoms with Crippen LogP contribution in [0.25, 0.3) is 0 Å². The highest BCUT2D eigenvalue weighted by atomic mass is 79.9. The van der Waals surface area contributed by atoms with Gasteiger partial charge in [-0.05, 0) is 61.7 Å². The van der Waals surface area contributed by atoms with Crippen LogP contribution in [0.15, 0.2) is 64.7 Å². The van der Waals surface area contributed by atoms with E-state index in [9.17, 15) is 9.90 Å². The van der Waals surface area contributed by atoms with Gasteiger partial charge in [0.1, 0.15) is 5.75 Å². The van der Waals surface area contributed by atoms with E-state index < -0.39 is 0 Å². The van der Waals surface area contributed by atoms with Crippen molar-refractivity contribution in [3.8, 4) is 5.75 Å². The molecule has 0 unspecified atom stereocenters. The Labute approximate surface area is 180 Å². The molecule has 2 aromatic rings. The lowest BCUT2D eigenvalue weighted by molar-refractivity contribution is -0.126. The number of amides is 1. The summed E-state index contributed by atoms with van der Waals surface area (Å²) in [4.78, 5) is 14.8. The largest absolute Gasteiger partial charge is 0.507 e. The molecule has 6 heteroatoms. The van der Waals surface area contributed by atoms with Crippen molar-refractivity contribution in [1.29, 1.82) is 0 Å². The van der Waals surface area contributed by atoms with E-state index in [0.29, 0.717) is 12.0 Å². The first-order valence-electron chi connectivity index (χ1n) is 9.78. The number of para-hydroxylation sites is 1. The third kappa shape index (κ3) is 6.02. The van der Waals surface area contributed by atoms with Gasteiger partial charge >= 0.3 is 0 Å². The molecule has 29 heavy (non-hydrogen) atoms. The number of hydrogen-bond donors (Lipinski definition) is 2. The number of phenolic OH excluding ortho intramolecular Hbond substituents is 1. The Morgan fingerprint density at radius 1 is 1.24 bits per heavy atom. The third-order valence-electron chi connectivity index (χ3n) is 5.17. The summed E-state index contributed by atoms with van der Waals surface area (Å²) in [6.45, 7) is 6.37. The zero-order valence-corrected chi connectivity index (χ0v) is 17.9. The molecule has 0 aliphatic carbocycles. The molecule has 1 aliphatic heterocycles. The van der Waals surface area contributed by atoms with E-state index in [1.807, 2.05) is 12.1 Å². The summed E-state index contributed by atoms with van der Waals surface area (Å²) in [7, 11) is 0. The highest BCUT2D eigenvalue weighted by Crippen LogP contribution is 2.22. The van der Waals surface area contributed by atoms with Crippen molar-refractivity contribution in [3.63, 3.8) is 0 Å². The Morgan fingerprint density at radius 3 is 2.66 bits per heavy atom. The predicted octanol–water partition coefficient (Wildman–Crippen LogP) is 4.25. The van der Waals surface area contributed by atoms with Crippen LogP contribution >= 0.6 is 15.9 Å². The van der Waals surface area contributed by atoms with Crippen molar-refractivity contribution in [2.75, 3.05) is 13.1 Å². The molecule has 5 nitrogen and oxygen atoms in total. The van der Waals surface area contributed by atoms with Crippen LogP contribution in [0.1, 0.15) is 29.5 Å². The van der Waals surface area contributed by atoms with Gasteiger partial charge in [-0.15, -0.1) is 6.58 Å². The second-order valence-electron chi connectivity index (χ2n) is 7.26. The van der Waals surface area contributed by atoms with Gasteiger partial charge in [0.2, 0.25) is 5.91 Å². The fourth-order valence-corrected chi connectivity index (χ4v) is 3.76. The van der Waals surface area contributed by atoms with E-state index >= 15 is 0 Å². The molecule has 0 radical (unpaired) electrons.